The Kier molecular flexibility index (Phi) is 4.19. The van der Waals surface area contributed by atoms with Gasteiger partial charge in [0.25, 0.3) is 0 Å². The number of aromatic nitrogens is 1. The minimum Gasteiger partial charge on any atom is -0.331 e. The molecule has 0 aliphatic carbocycles. The van der Waals surface area contributed by atoms with Gasteiger partial charge in [-0.25, -0.2) is 4.98 Å². The van der Waals surface area contributed by atoms with Crippen molar-refractivity contribution in [1.82, 2.24) is 4.98 Å². The number of anilines is 2. The topological polar surface area (TPSA) is 24.9 Å². The van der Waals surface area contributed by atoms with Gasteiger partial charge in [-0.05, 0) is 55.7 Å². The highest BCUT2D eigenvalue weighted by atomic mass is 35.5. The SMILES string of the molecule is Cc1ccc(-c2csc(Nc3ccc(C)c(Cl)c3)n2)cc1C. The molecule has 0 aliphatic rings. The third kappa shape index (κ3) is 3.16. The van der Waals surface area contributed by atoms with Crippen molar-refractivity contribution in [3.63, 3.8) is 0 Å². The Labute approximate surface area is 139 Å². The summed E-state index contributed by atoms with van der Waals surface area (Å²) in [5.41, 5.74) is 6.75. The molecular weight excluding hydrogens is 312 g/mol. The molecule has 1 aromatic heterocycles. The molecule has 0 radical (unpaired) electrons. The molecule has 22 heavy (non-hydrogen) atoms. The van der Waals surface area contributed by atoms with E-state index in [0.29, 0.717) is 0 Å². The molecule has 0 saturated heterocycles. The van der Waals surface area contributed by atoms with Gasteiger partial charge in [0.2, 0.25) is 0 Å². The lowest BCUT2D eigenvalue weighted by Gasteiger charge is -2.05. The zero-order valence-corrected chi connectivity index (χ0v) is 14.3. The monoisotopic (exact) mass is 328 g/mol. The molecule has 1 N–H and O–H groups in total. The summed E-state index contributed by atoms with van der Waals surface area (Å²) in [5, 5.41) is 7.01. The number of nitrogens with one attached hydrogen (secondary N) is 1. The van der Waals surface area contributed by atoms with E-state index in [9.17, 15) is 0 Å². The van der Waals surface area contributed by atoms with Crippen LogP contribution in [0.3, 0.4) is 0 Å². The second kappa shape index (κ2) is 6.11. The predicted octanol–water partition coefficient (Wildman–Crippen LogP) is 6.13. The first-order chi connectivity index (χ1) is 10.5. The number of hydrogen-bond donors (Lipinski definition) is 1. The molecule has 0 unspecified atom stereocenters. The molecule has 3 aromatic rings. The van der Waals surface area contributed by atoms with E-state index in [0.717, 1.165) is 32.7 Å². The molecule has 0 spiro atoms. The van der Waals surface area contributed by atoms with Gasteiger partial charge in [0.15, 0.2) is 5.13 Å². The second-order valence-corrected chi connectivity index (χ2v) is 6.69. The van der Waals surface area contributed by atoms with Gasteiger partial charge in [0, 0.05) is 21.7 Å². The van der Waals surface area contributed by atoms with Crippen molar-refractivity contribution in [2.24, 2.45) is 0 Å². The molecular formula is C18H17ClN2S. The smallest absolute Gasteiger partial charge is 0.187 e. The Morgan fingerprint density at radius 2 is 1.73 bits per heavy atom. The summed E-state index contributed by atoms with van der Waals surface area (Å²) in [5.74, 6) is 0. The molecule has 0 fully saturated rings. The minimum atomic E-state index is 0.760. The van der Waals surface area contributed by atoms with Gasteiger partial charge < -0.3 is 5.32 Å². The number of benzene rings is 2. The molecule has 0 saturated carbocycles. The van der Waals surface area contributed by atoms with Crippen LogP contribution in [0.1, 0.15) is 16.7 Å². The van der Waals surface area contributed by atoms with Crippen molar-refractivity contribution >= 4 is 33.8 Å². The molecule has 2 nitrogen and oxygen atoms in total. The van der Waals surface area contributed by atoms with Gasteiger partial charge in [-0.15, -0.1) is 11.3 Å². The summed E-state index contributed by atoms with van der Waals surface area (Å²) in [7, 11) is 0. The molecule has 2 aromatic carbocycles. The highest BCUT2D eigenvalue weighted by Crippen LogP contribution is 2.29. The fraction of sp³-hybridized carbons (Fsp3) is 0.167. The van der Waals surface area contributed by atoms with E-state index >= 15 is 0 Å². The van der Waals surface area contributed by atoms with Gasteiger partial charge >= 0.3 is 0 Å². The predicted molar refractivity (Wildman–Crippen MR) is 96.5 cm³/mol. The van der Waals surface area contributed by atoms with Gasteiger partial charge in [0.05, 0.1) is 5.69 Å². The van der Waals surface area contributed by atoms with Gasteiger partial charge in [-0.1, -0.05) is 29.8 Å². The third-order valence-electron chi connectivity index (χ3n) is 3.73. The maximum Gasteiger partial charge on any atom is 0.187 e. The van der Waals surface area contributed by atoms with Crippen LogP contribution in [0.25, 0.3) is 11.3 Å². The van der Waals surface area contributed by atoms with Crippen molar-refractivity contribution in [2.75, 3.05) is 5.32 Å². The molecule has 0 atom stereocenters. The van der Waals surface area contributed by atoms with Crippen LogP contribution in [-0.2, 0) is 0 Å². The Balaban J connectivity index is 1.84. The lowest BCUT2D eigenvalue weighted by molar-refractivity contribution is 1.32. The summed E-state index contributed by atoms with van der Waals surface area (Å²) in [6.07, 6.45) is 0. The molecule has 0 amide bonds. The van der Waals surface area contributed by atoms with Crippen LogP contribution in [0.15, 0.2) is 41.8 Å². The van der Waals surface area contributed by atoms with Crippen LogP contribution in [0.2, 0.25) is 5.02 Å². The van der Waals surface area contributed by atoms with E-state index in [1.165, 1.54) is 11.1 Å². The van der Waals surface area contributed by atoms with Gasteiger partial charge in [-0.3, -0.25) is 0 Å². The van der Waals surface area contributed by atoms with Crippen molar-refractivity contribution in [1.29, 1.82) is 0 Å². The first-order valence-electron chi connectivity index (χ1n) is 7.09. The van der Waals surface area contributed by atoms with E-state index in [1.807, 2.05) is 25.1 Å². The van der Waals surface area contributed by atoms with Crippen molar-refractivity contribution in [2.45, 2.75) is 20.8 Å². The molecule has 0 aliphatic heterocycles. The fourth-order valence-corrected chi connectivity index (χ4v) is 3.08. The van der Waals surface area contributed by atoms with E-state index in [1.54, 1.807) is 11.3 Å². The van der Waals surface area contributed by atoms with E-state index in [-0.39, 0.29) is 0 Å². The second-order valence-electron chi connectivity index (χ2n) is 5.43. The summed E-state index contributed by atoms with van der Waals surface area (Å²) >= 11 is 7.75. The van der Waals surface area contributed by atoms with Crippen molar-refractivity contribution < 1.29 is 0 Å². The van der Waals surface area contributed by atoms with E-state index in [4.69, 9.17) is 11.6 Å². The van der Waals surface area contributed by atoms with Gasteiger partial charge in [-0.2, -0.15) is 0 Å². The standard InChI is InChI=1S/C18H17ClN2S/c1-11-4-6-14(8-13(11)3)17-10-22-18(21-17)20-15-7-5-12(2)16(19)9-15/h4-10H,1-3H3,(H,20,21). The van der Waals surface area contributed by atoms with Crippen LogP contribution < -0.4 is 5.32 Å². The zero-order valence-electron chi connectivity index (χ0n) is 12.8. The minimum absolute atomic E-state index is 0.760. The molecule has 4 heteroatoms. The first-order valence-corrected chi connectivity index (χ1v) is 8.35. The molecule has 3 rings (SSSR count). The number of halogens is 1. The number of hydrogen-bond acceptors (Lipinski definition) is 3. The summed E-state index contributed by atoms with van der Waals surface area (Å²) in [6.45, 7) is 6.24. The third-order valence-corrected chi connectivity index (χ3v) is 4.89. The molecule has 112 valence electrons. The maximum absolute atomic E-state index is 6.16. The number of aryl methyl sites for hydroxylation is 3. The Morgan fingerprint density at radius 3 is 2.45 bits per heavy atom. The van der Waals surface area contributed by atoms with Crippen LogP contribution in [0.5, 0.6) is 0 Å². The Bertz CT molecular complexity index is 824. The average molecular weight is 329 g/mol. The zero-order chi connectivity index (χ0) is 15.7. The number of nitrogens with zero attached hydrogens (tertiary/aromatic N) is 1. The Morgan fingerprint density at radius 1 is 0.955 bits per heavy atom. The van der Waals surface area contributed by atoms with Gasteiger partial charge in [0.1, 0.15) is 0 Å². The normalized spacial score (nSPS) is 10.7. The summed E-state index contributed by atoms with van der Waals surface area (Å²) in [4.78, 5) is 4.66. The fourth-order valence-electron chi connectivity index (χ4n) is 2.16. The number of thiazole rings is 1. The Hall–Kier alpha value is -1.84. The molecule has 0 bridgehead atoms. The quantitative estimate of drug-likeness (QED) is 0.625. The van der Waals surface area contributed by atoms with Crippen molar-refractivity contribution in [3.05, 3.63) is 63.5 Å². The highest BCUT2D eigenvalue weighted by molar-refractivity contribution is 7.14. The summed E-state index contributed by atoms with van der Waals surface area (Å²) in [6, 6.07) is 12.4. The lowest BCUT2D eigenvalue weighted by atomic mass is 10.1. The van der Waals surface area contributed by atoms with Crippen molar-refractivity contribution in [3.8, 4) is 11.3 Å². The van der Waals surface area contributed by atoms with Crippen LogP contribution >= 0.6 is 22.9 Å². The largest absolute Gasteiger partial charge is 0.331 e. The van der Waals surface area contributed by atoms with Crippen LogP contribution in [-0.4, -0.2) is 4.98 Å². The average Bonchev–Trinajstić information content (AvgIpc) is 2.94. The van der Waals surface area contributed by atoms with Crippen LogP contribution in [0, 0.1) is 20.8 Å². The first kappa shape index (κ1) is 15.1. The molecule has 1 heterocycles. The summed E-state index contributed by atoms with van der Waals surface area (Å²) < 4.78 is 0. The van der Waals surface area contributed by atoms with Crippen LogP contribution in [0.4, 0.5) is 10.8 Å². The van der Waals surface area contributed by atoms with E-state index in [2.05, 4.69) is 47.7 Å². The number of rotatable bonds is 3. The maximum atomic E-state index is 6.16. The lowest BCUT2D eigenvalue weighted by Crippen LogP contribution is -1.90. The highest BCUT2D eigenvalue weighted by Gasteiger charge is 2.06. The van der Waals surface area contributed by atoms with E-state index < -0.39 is 0 Å².